The van der Waals surface area contributed by atoms with Crippen molar-refractivity contribution in [3.8, 4) is 0 Å². The van der Waals surface area contributed by atoms with Gasteiger partial charge in [-0.2, -0.15) is 0 Å². The van der Waals surface area contributed by atoms with Gasteiger partial charge in [0.05, 0.1) is 0 Å². The van der Waals surface area contributed by atoms with Gasteiger partial charge < -0.3 is 15.5 Å². The SMILES string of the molecule is CN=C(NCC1CCCCN1Cc1ccccc1)NC1CCN(C(C)C)CC1. The molecular formula is C23H39N5. The number of nitrogens with zero attached hydrogens (tertiary/aromatic N) is 3. The molecule has 2 aliphatic heterocycles. The fourth-order valence-corrected chi connectivity index (χ4v) is 4.48. The number of nitrogens with one attached hydrogen (secondary N) is 2. The van der Waals surface area contributed by atoms with E-state index in [0.717, 1.165) is 19.0 Å². The molecule has 0 amide bonds. The number of guanidine groups is 1. The molecule has 0 spiro atoms. The Morgan fingerprint density at radius 1 is 1.07 bits per heavy atom. The van der Waals surface area contributed by atoms with Crippen molar-refractivity contribution in [3.63, 3.8) is 0 Å². The van der Waals surface area contributed by atoms with Crippen LogP contribution < -0.4 is 10.6 Å². The molecule has 5 nitrogen and oxygen atoms in total. The van der Waals surface area contributed by atoms with Crippen molar-refractivity contribution in [2.24, 2.45) is 4.99 Å². The average Bonchev–Trinajstić information content (AvgIpc) is 2.73. The van der Waals surface area contributed by atoms with Gasteiger partial charge in [-0.05, 0) is 51.6 Å². The third-order valence-corrected chi connectivity index (χ3v) is 6.31. The van der Waals surface area contributed by atoms with Crippen molar-refractivity contribution in [2.75, 3.05) is 33.2 Å². The molecule has 0 aromatic heterocycles. The molecule has 0 bridgehead atoms. The highest BCUT2D eigenvalue weighted by Gasteiger charge is 2.24. The van der Waals surface area contributed by atoms with Gasteiger partial charge in [-0.25, -0.2) is 0 Å². The molecule has 0 radical (unpaired) electrons. The molecule has 2 heterocycles. The Balaban J connectivity index is 1.46. The summed E-state index contributed by atoms with van der Waals surface area (Å²) in [6.07, 6.45) is 6.30. The van der Waals surface area contributed by atoms with Crippen molar-refractivity contribution in [3.05, 3.63) is 35.9 Å². The van der Waals surface area contributed by atoms with Crippen molar-refractivity contribution in [2.45, 2.75) is 70.6 Å². The van der Waals surface area contributed by atoms with Crippen LogP contribution in [0.3, 0.4) is 0 Å². The summed E-state index contributed by atoms with van der Waals surface area (Å²) in [7, 11) is 1.89. The second-order valence-electron chi connectivity index (χ2n) is 8.61. The smallest absolute Gasteiger partial charge is 0.191 e. The van der Waals surface area contributed by atoms with Gasteiger partial charge in [0.25, 0.3) is 0 Å². The predicted molar refractivity (Wildman–Crippen MR) is 119 cm³/mol. The van der Waals surface area contributed by atoms with Crippen LogP contribution in [0.4, 0.5) is 0 Å². The lowest BCUT2D eigenvalue weighted by molar-refractivity contribution is 0.141. The Morgan fingerprint density at radius 2 is 1.82 bits per heavy atom. The molecule has 5 heteroatoms. The van der Waals surface area contributed by atoms with Crippen LogP contribution in [0.25, 0.3) is 0 Å². The highest BCUT2D eigenvalue weighted by Crippen LogP contribution is 2.19. The van der Waals surface area contributed by atoms with Crippen molar-refractivity contribution in [1.82, 2.24) is 20.4 Å². The largest absolute Gasteiger partial charge is 0.355 e. The maximum absolute atomic E-state index is 4.49. The second kappa shape index (κ2) is 10.8. The van der Waals surface area contributed by atoms with Crippen LogP contribution in [0, 0.1) is 0 Å². The zero-order valence-corrected chi connectivity index (χ0v) is 18.0. The summed E-state index contributed by atoms with van der Waals surface area (Å²) in [6, 6.07) is 12.6. The van der Waals surface area contributed by atoms with Crippen molar-refractivity contribution < 1.29 is 0 Å². The lowest BCUT2D eigenvalue weighted by Crippen LogP contribution is -2.52. The number of aliphatic imine (C=N–C) groups is 1. The summed E-state index contributed by atoms with van der Waals surface area (Å²) >= 11 is 0. The molecule has 2 N–H and O–H groups in total. The predicted octanol–water partition coefficient (Wildman–Crippen LogP) is 3.08. The van der Waals surface area contributed by atoms with E-state index >= 15 is 0 Å². The first kappa shape index (κ1) is 21.1. The van der Waals surface area contributed by atoms with E-state index in [1.54, 1.807) is 0 Å². The minimum absolute atomic E-state index is 0.535. The first-order valence-electron chi connectivity index (χ1n) is 11.1. The maximum Gasteiger partial charge on any atom is 0.191 e. The molecule has 28 heavy (non-hydrogen) atoms. The number of hydrogen-bond acceptors (Lipinski definition) is 3. The van der Waals surface area contributed by atoms with Crippen LogP contribution in [0.15, 0.2) is 35.3 Å². The molecule has 3 rings (SSSR count). The highest BCUT2D eigenvalue weighted by atomic mass is 15.2. The molecule has 1 unspecified atom stereocenters. The lowest BCUT2D eigenvalue weighted by Gasteiger charge is -2.37. The molecule has 2 fully saturated rings. The Morgan fingerprint density at radius 3 is 2.50 bits per heavy atom. The number of likely N-dealkylation sites (tertiary alicyclic amines) is 2. The van der Waals surface area contributed by atoms with E-state index in [4.69, 9.17) is 0 Å². The second-order valence-corrected chi connectivity index (χ2v) is 8.61. The van der Waals surface area contributed by atoms with E-state index < -0.39 is 0 Å². The summed E-state index contributed by atoms with van der Waals surface area (Å²) in [5.41, 5.74) is 1.41. The molecule has 0 aliphatic carbocycles. The molecule has 2 aliphatic rings. The first-order valence-corrected chi connectivity index (χ1v) is 11.1. The fraction of sp³-hybridized carbons (Fsp3) is 0.696. The van der Waals surface area contributed by atoms with Gasteiger partial charge in [-0.3, -0.25) is 9.89 Å². The molecule has 1 aromatic rings. The summed E-state index contributed by atoms with van der Waals surface area (Å²) in [6.45, 7) is 10.2. The Kier molecular flexibility index (Phi) is 8.16. The van der Waals surface area contributed by atoms with Crippen LogP contribution in [0.1, 0.15) is 51.5 Å². The van der Waals surface area contributed by atoms with Crippen LogP contribution in [0.5, 0.6) is 0 Å². The third kappa shape index (κ3) is 6.21. The Bertz CT molecular complexity index is 592. The summed E-state index contributed by atoms with van der Waals surface area (Å²) in [4.78, 5) is 9.70. The topological polar surface area (TPSA) is 42.9 Å². The van der Waals surface area contributed by atoms with E-state index in [1.807, 2.05) is 7.05 Å². The van der Waals surface area contributed by atoms with Gasteiger partial charge in [-0.1, -0.05) is 36.8 Å². The van der Waals surface area contributed by atoms with Gasteiger partial charge in [0.1, 0.15) is 0 Å². The summed E-state index contributed by atoms with van der Waals surface area (Å²) in [5, 5.41) is 7.28. The Hall–Kier alpha value is -1.59. The minimum Gasteiger partial charge on any atom is -0.355 e. The zero-order chi connectivity index (χ0) is 19.8. The van der Waals surface area contributed by atoms with E-state index in [0.29, 0.717) is 18.1 Å². The number of benzene rings is 1. The molecule has 0 saturated carbocycles. The van der Waals surface area contributed by atoms with Crippen molar-refractivity contribution in [1.29, 1.82) is 0 Å². The summed E-state index contributed by atoms with van der Waals surface area (Å²) in [5.74, 6) is 0.966. The zero-order valence-electron chi connectivity index (χ0n) is 18.0. The molecule has 156 valence electrons. The van der Waals surface area contributed by atoms with E-state index in [2.05, 4.69) is 69.6 Å². The van der Waals surface area contributed by atoms with Crippen LogP contribution in [-0.4, -0.2) is 67.1 Å². The quantitative estimate of drug-likeness (QED) is 0.583. The van der Waals surface area contributed by atoms with Gasteiger partial charge in [-0.15, -0.1) is 0 Å². The molecule has 1 aromatic carbocycles. The molecular weight excluding hydrogens is 346 g/mol. The monoisotopic (exact) mass is 385 g/mol. The fourth-order valence-electron chi connectivity index (χ4n) is 4.48. The number of hydrogen-bond donors (Lipinski definition) is 2. The van der Waals surface area contributed by atoms with Gasteiger partial charge in [0.2, 0.25) is 0 Å². The number of rotatable bonds is 6. The highest BCUT2D eigenvalue weighted by molar-refractivity contribution is 5.80. The first-order chi connectivity index (χ1) is 13.7. The van der Waals surface area contributed by atoms with Gasteiger partial charge >= 0.3 is 0 Å². The molecule has 2 saturated heterocycles. The van der Waals surface area contributed by atoms with Gasteiger partial charge in [0, 0.05) is 51.4 Å². The van der Waals surface area contributed by atoms with Crippen LogP contribution in [0.2, 0.25) is 0 Å². The average molecular weight is 386 g/mol. The van der Waals surface area contributed by atoms with Gasteiger partial charge in [0.15, 0.2) is 5.96 Å². The summed E-state index contributed by atoms with van der Waals surface area (Å²) < 4.78 is 0. The minimum atomic E-state index is 0.535. The van der Waals surface area contributed by atoms with Crippen LogP contribution in [-0.2, 0) is 6.54 Å². The molecule has 1 atom stereocenters. The number of piperidine rings is 2. The van der Waals surface area contributed by atoms with Crippen molar-refractivity contribution >= 4 is 5.96 Å². The van der Waals surface area contributed by atoms with E-state index in [1.165, 1.54) is 57.3 Å². The Labute approximate surface area is 171 Å². The standard InChI is InChI=1S/C23H39N5/c1-19(2)27-15-12-21(13-16-27)26-23(24-3)25-17-22-11-7-8-14-28(22)18-20-9-5-4-6-10-20/h4-6,9-10,19,21-22H,7-8,11-18H2,1-3H3,(H2,24,25,26). The normalized spacial score (nSPS) is 23.1. The van der Waals surface area contributed by atoms with E-state index in [9.17, 15) is 0 Å². The maximum atomic E-state index is 4.49. The lowest BCUT2D eigenvalue weighted by atomic mass is 10.0. The van der Waals surface area contributed by atoms with E-state index in [-0.39, 0.29) is 0 Å². The third-order valence-electron chi connectivity index (χ3n) is 6.31. The van der Waals surface area contributed by atoms with Crippen LogP contribution >= 0.6 is 0 Å².